The lowest BCUT2D eigenvalue weighted by Gasteiger charge is -2.07. The fraction of sp³-hybridized carbons (Fsp3) is 0.400. The minimum atomic E-state index is -3.09. The molecule has 0 aliphatic rings. The van der Waals surface area contributed by atoms with Gasteiger partial charge in [0.05, 0.1) is 18.1 Å². The van der Waals surface area contributed by atoms with E-state index in [0.29, 0.717) is 25.5 Å². The lowest BCUT2D eigenvalue weighted by atomic mass is 10.2. The summed E-state index contributed by atoms with van der Waals surface area (Å²) in [5.74, 6) is 0.522. The normalized spacial score (nSPS) is 12.1. The number of rotatable bonds is 8. The van der Waals surface area contributed by atoms with Gasteiger partial charge in [-0.3, -0.25) is 0 Å². The highest BCUT2D eigenvalue weighted by Gasteiger charge is 2.11. The van der Waals surface area contributed by atoms with Gasteiger partial charge in [-0.2, -0.15) is 0 Å². The third-order valence-corrected chi connectivity index (χ3v) is 4.37. The third-order valence-electron chi connectivity index (χ3n) is 2.69. The molecule has 1 rings (SSSR count). The van der Waals surface area contributed by atoms with Crippen LogP contribution in [-0.2, 0) is 15.6 Å². The summed E-state index contributed by atoms with van der Waals surface area (Å²) < 4.78 is 23.9. The molecule has 21 heavy (non-hydrogen) atoms. The fourth-order valence-corrected chi connectivity index (χ4v) is 3.11. The molecule has 1 aromatic rings. The first-order valence-electron chi connectivity index (χ1n) is 6.81. The second kappa shape index (κ2) is 8.46. The largest absolute Gasteiger partial charge is 0.370 e. The molecule has 0 atom stereocenters. The molecular formula is C15H23N3O2S. The van der Waals surface area contributed by atoms with Gasteiger partial charge in [-0.1, -0.05) is 42.5 Å². The molecule has 0 amide bonds. The molecule has 0 radical (unpaired) electrons. The topological polar surface area (TPSA) is 84.5 Å². The Labute approximate surface area is 126 Å². The molecule has 3 N–H and O–H groups in total. The van der Waals surface area contributed by atoms with Crippen molar-refractivity contribution in [3.8, 4) is 0 Å². The maximum atomic E-state index is 12.0. The van der Waals surface area contributed by atoms with E-state index in [-0.39, 0.29) is 11.5 Å². The first-order valence-corrected chi connectivity index (χ1v) is 8.64. The van der Waals surface area contributed by atoms with Crippen LogP contribution in [-0.4, -0.2) is 33.2 Å². The molecule has 6 heteroatoms. The molecule has 0 aromatic heterocycles. The minimum absolute atomic E-state index is 0.0765. The van der Waals surface area contributed by atoms with Crippen molar-refractivity contribution in [1.29, 1.82) is 0 Å². The fourth-order valence-electron chi connectivity index (χ4n) is 1.68. The Balaban J connectivity index is 2.31. The first-order chi connectivity index (χ1) is 9.89. The van der Waals surface area contributed by atoms with Crippen LogP contribution in [0.15, 0.2) is 47.5 Å². The summed E-state index contributed by atoms with van der Waals surface area (Å²) in [6.07, 6.45) is 0.498. The molecule has 0 bridgehead atoms. The molecule has 0 spiro atoms. The van der Waals surface area contributed by atoms with Crippen molar-refractivity contribution >= 4 is 15.8 Å². The van der Waals surface area contributed by atoms with Crippen LogP contribution in [0.25, 0.3) is 0 Å². The quantitative estimate of drug-likeness (QED) is 0.330. The van der Waals surface area contributed by atoms with E-state index in [1.165, 1.54) is 0 Å². The summed E-state index contributed by atoms with van der Waals surface area (Å²) >= 11 is 0. The van der Waals surface area contributed by atoms with Gasteiger partial charge in [0.1, 0.15) is 0 Å². The van der Waals surface area contributed by atoms with Crippen molar-refractivity contribution in [3.63, 3.8) is 0 Å². The summed E-state index contributed by atoms with van der Waals surface area (Å²) in [6.45, 7) is 6.56. The number of aliphatic imine (C=N–C) groups is 1. The van der Waals surface area contributed by atoms with Crippen LogP contribution in [0, 0.1) is 0 Å². The Hall–Kier alpha value is -1.82. The zero-order valence-corrected chi connectivity index (χ0v) is 13.2. The standard InChI is InChI=1S/C15H23N3O2S/c1-13(2)11-18-15(16)17-9-6-10-21(19,20)12-14-7-4-3-5-8-14/h3-5,7-8H,1,6,9-12H2,2H3,(H3,16,17,18). The van der Waals surface area contributed by atoms with Crippen LogP contribution in [0.4, 0.5) is 0 Å². The lowest BCUT2D eigenvalue weighted by molar-refractivity contribution is 0.592. The van der Waals surface area contributed by atoms with Crippen LogP contribution in [0.5, 0.6) is 0 Å². The number of guanidine groups is 1. The second-order valence-corrected chi connectivity index (χ2v) is 7.20. The smallest absolute Gasteiger partial charge is 0.188 e. The highest BCUT2D eigenvalue weighted by Crippen LogP contribution is 2.06. The number of nitrogens with one attached hydrogen (secondary N) is 1. The monoisotopic (exact) mass is 309 g/mol. The summed E-state index contributed by atoms with van der Waals surface area (Å²) in [5.41, 5.74) is 7.38. The van der Waals surface area contributed by atoms with E-state index in [0.717, 1.165) is 11.1 Å². The van der Waals surface area contributed by atoms with Gasteiger partial charge >= 0.3 is 0 Å². The summed E-state index contributed by atoms with van der Waals surface area (Å²) in [5, 5.41) is 2.90. The van der Waals surface area contributed by atoms with Gasteiger partial charge in [-0.25, -0.2) is 13.4 Å². The van der Waals surface area contributed by atoms with Crippen molar-refractivity contribution in [2.24, 2.45) is 10.7 Å². The van der Waals surface area contributed by atoms with Crippen LogP contribution in [0.2, 0.25) is 0 Å². The molecule has 0 saturated heterocycles. The Kier molecular flexibility index (Phi) is 6.94. The molecule has 5 nitrogen and oxygen atoms in total. The molecule has 0 aliphatic heterocycles. The molecule has 0 fully saturated rings. The maximum Gasteiger partial charge on any atom is 0.188 e. The Morgan fingerprint density at radius 2 is 2.00 bits per heavy atom. The number of sulfone groups is 1. The van der Waals surface area contributed by atoms with E-state index in [1.54, 1.807) is 0 Å². The van der Waals surface area contributed by atoms with Crippen LogP contribution >= 0.6 is 0 Å². The van der Waals surface area contributed by atoms with Crippen molar-refractivity contribution in [2.45, 2.75) is 19.1 Å². The van der Waals surface area contributed by atoms with E-state index in [2.05, 4.69) is 16.9 Å². The number of nitrogens with two attached hydrogens (primary N) is 1. The van der Waals surface area contributed by atoms with Gasteiger partial charge in [0.15, 0.2) is 15.8 Å². The number of nitrogens with zero attached hydrogens (tertiary/aromatic N) is 1. The number of hydrogen-bond acceptors (Lipinski definition) is 3. The SMILES string of the molecule is C=C(C)CN=C(N)NCCCS(=O)(=O)Cc1ccccc1. The van der Waals surface area contributed by atoms with Gasteiger partial charge < -0.3 is 11.1 Å². The van der Waals surface area contributed by atoms with Crippen molar-refractivity contribution < 1.29 is 8.42 Å². The van der Waals surface area contributed by atoms with E-state index in [1.807, 2.05) is 37.3 Å². The average Bonchev–Trinajstić information content (AvgIpc) is 2.42. The predicted octanol–water partition coefficient (Wildman–Crippen LogP) is 1.47. The Bertz CT molecular complexity index is 580. The van der Waals surface area contributed by atoms with Crippen molar-refractivity contribution in [1.82, 2.24) is 5.32 Å². The van der Waals surface area contributed by atoms with Gasteiger partial charge in [0.2, 0.25) is 0 Å². The number of benzene rings is 1. The molecule has 0 aliphatic carbocycles. The maximum absolute atomic E-state index is 12.0. The van der Waals surface area contributed by atoms with Crippen LogP contribution in [0.3, 0.4) is 0 Å². The molecule has 0 saturated carbocycles. The minimum Gasteiger partial charge on any atom is -0.370 e. The summed E-state index contributed by atoms with van der Waals surface area (Å²) in [7, 11) is -3.09. The summed E-state index contributed by atoms with van der Waals surface area (Å²) in [6, 6.07) is 9.18. The van der Waals surface area contributed by atoms with Crippen molar-refractivity contribution in [2.75, 3.05) is 18.8 Å². The molecular weight excluding hydrogens is 286 g/mol. The zero-order valence-electron chi connectivity index (χ0n) is 12.4. The number of hydrogen-bond donors (Lipinski definition) is 2. The van der Waals surface area contributed by atoms with E-state index >= 15 is 0 Å². The summed E-state index contributed by atoms with van der Waals surface area (Å²) in [4.78, 5) is 4.06. The van der Waals surface area contributed by atoms with Crippen LogP contribution in [0.1, 0.15) is 18.9 Å². The molecule has 116 valence electrons. The zero-order chi connectivity index (χ0) is 15.7. The second-order valence-electron chi connectivity index (χ2n) is 5.02. The van der Waals surface area contributed by atoms with Gasteiger partial charge in [0.25, 0.3) is 0 Å². The average molecular weight is 309 g/mol. The highest BCUT2D eigenvalue weighted by atomic mass is 32.2. The molecule has 1 aromatic carbocycles. The van der Waals surface area contributed by atoms with Gasteiger partial charge in [0, 0.05) is 6.54 Å². The van der Waals surface area contributed by atoms with E-state index < -0.39 is 9.84 Å². The third kappa shape index (κ3) is 8.14. The lowest BCUT2D eigenvalue weighted by Crippen LogP contribution is -2.33. The Morgan fingerprint density at radius 3 is 2.62 bits per heavy atom. The predicted molar refractivity (Wildman–Crippen MR) is 87.9 cm³/mol. The van der Waals surface area contributed by atoms with E-state index in [4.69, 9.17) is 5.73 Å². The van der Waals surface area contributed by atoms with Gasteiger partial charge in [-0.05, 0) is 18.9 Å². The molecule has 0 heterocycles. The first kappa shape index (κ1) is 17.2. The van der Waals surface area contributed by atoms with Gasteiger partial charge in [-0.15, -0.1) is 0 Å². The van der Waals surface area contributed by atoms with Crippen LogP contribution < -0.4 is 11.1 Å². The van der Waals surface area contributed by atoms with E-state index in [9.17, 15) is 8.42 Å². The molecule has 0 unspecified atom stereocenters. The Morgan fingerprint density at radius 1 is 1.33 bits per heavy atom. The van der Waals surface area contributed by atoms with Crippen molar-refractivity contribution in [3.05, 3.63) is 48.0 Å². The highest BCUT2D eigenvalue weighted by molar-refractivity contribution is 7.90.